The summed E-state index contributed by atoms with van der Waals surface area (Å²) in [5, 5.41) is 9.25. The van der Waals surface area contributed by atoms with Crippen molar-refractivity contribution in [3.8, 4) is 11.1 Å². The van der Waals surface area contributed by atoms with Gasteiger partial charge < -0.3 is 25.8 Å². The molecule has 210 valence electrons. The molecule has 0 aliphatic carbocycles. The van der Waals surface area contributed by atoms with Crippen molar-refractivity contribution in [1.29, 1.82) is 0 Å². The normalized spacial score (nSPS) is 15.7. The lowest BCUT2D eigenvalue weighted by Gasteiger charge is -2.32. The van der Waals surface area contributed by atoms with Crippen LogP contribution in [-0.2, 0) is 14.8 Å². The Bertz CT molecular complexity index is 1550. The smallest absolute Gasteiger partial charge is 0.257 e. The molecule has 1 saturated heterocycles. The number of nitrogens with one attached hydrogen (secondary N) is 3. The lowest BCUT2D eigenvalue weighted by atomic mass is 10.0. The number of para-hydroxylation sites is 1. The van der Waals surface area contributed by atoms with E-state index >= 15 is 0 Å². The van der Waals surface area contributed by atoms with Crippen LogP contribution in [0.15, 0.2) is 60.7 Å². The third-order valence-electron chi connectivity index (χ3n) is 7.39. The van der Waals surface area contributed by atoms with Crippen LogP contribution in [0.1, 0.15) is 16.8 Å². The number of amides is 2. The second-order valence-corrected chi connectivity index (χ2v) is 12.3. The van der Waals surface area contributed by atoms with Crippen LogP contribution >= 0.6 is 0 Å². The van der Waals surface area contributed by atoms with Crippen molar-refractivity contribution in [3.63, 3.8) is 0 Å². The first kappa shape index (κ1) is 27.6. The Labute approximate surface area is 235 Å². The number of piperazine rings is 1. The molecule has 0 spiro atoms. The standard InChI is InChI=1S/C29H34N6O4S/c1-33-14-16-35(17-15-33)13-12-28(36)30-21-9-11-24-26(19-21)31-25-18-20(8-10-23(25)29(37)32-24)22-6-4-5-7-27(22)34(2)40(3,38)39/h4-11,18-19,31H,12-17H2,1-3H3,(H,30,36)(H,32,37). The van der Waals surface area contributed by atoms with Crippen molar-refractivity contribution in [3.05, 3.63) is 66.2 Å². The molecule has 2 heterocycles. The second-order valence-electron chi connectivity index (χ2n) is 10.3. The number of carbonyl (C=O) groups is 2. The van der Waals surface area contributed by atoms with E-state index in [1.54, 1.807) is 42.5 Å². The van der Waals surface area contributed by atoms with Gasteiger partial charge in [-0.3, -0.25) is 13.9 Å². The molecule has 0 aromatic heterocycles. The van der Waals surface area contributed by atoms with Gasteiger partial charge in [-0.25, -0.2) is 8.42 Å². The van der Waals surface area contributed by atoms with Crippen LogP contribution in [0.25, 0.3) is 11.1 Å². The van der Waals surface area contributed by atoms with Crippen molar-refractivity contribution in [2.75, 3.05) is 73.3 Å². The molecule has 2 aliphatic heterocycles. The van der Waals surface area contributed by atoms with E-state index in [2.05, 4.69) is 32.8 Å². The summed E-state index contributed by atoms with van der Waals surface area (Å²) in [7, 11) is 0.149. The summed E-state index contributed by atoms with van der Waals surface area (Å²) in [5.41, 5.74) is 4.88. The molecule has 10 nitrogen and oxygen atoms in total. The highest BCUT2D eigenvalue weighted by molar-refractivity contribution is 7.92. The van der Waals surface area contributed by atoms with E-state index in [0.29, 0.717) is 52.5 Å². The Balaban J connectivity index is 1.36. The molecule has 3 aromatic rings. The predicted molar refractivity (Wildman–Crippen MR) is 160 cm³/mol. The third-order valence-corrected chi connectivity index (χ3v) is 8.58. The van der Waals surface area contributed by atoms with E-state index in [4.69, 9.17) is 0 Å². The van der Waals surface area contributed by atoms with Gasteiger partial charge in [-0.15, -0.1) is 0 Å². The highest BCUT2D eigenvalue weighted by Crippen LogP contribution is 2.38. The van der Waals surface area contributed by atoms with E-state index in [-0.39, 0.29) is 11.8 Å². The van der Waals surface area contributed by atoms with Crippen molar-refractivity contribution in [2.24, 2.45) is 0 Å². The topological polar surface area (TPSA) is 114 Å². The van der Waals surface area contributed by atoms with E-state index in [1.165, 1.54) is 11.4 Å². The van der Waals surface area contributed by atoms with Gasteiger partial charge in [0.15, 0.2) is 0 Å². The fourth-order valence-corrected chi connectivity index (χ4v) is 5.42. The van der Waals surface area contributed by atoms with E-state index in [1.807, 2.05) is 18.2 Å². The highest BCUT2D eigenvalue weighted by atomic mass is 32.2. The number of fused-ring (bicyclic) bond motifs is 2. The number of hydrogen-bond donors (Lipinski definition) is 3. The van der Waals surface area contributed by atoms with Crippen molar-refractivity contribution < 1.29 is 18.0 Å². The molecule has 3 aromatic carbocycles. The van der Waals surface area contributed by atoms with Gasteiger partial charge in [-0.1, -0.05) is 24.3 Å². The Morgan fingerprint density at radius 1 is 0.925 bits per heavy atom. The zero-order chi connectivity index (χ0) is 28.4. The largest absolute Gasteiger partial charge is 0.353 e. The van der Waals surface area contributed by atoms with Gasteiger partial charge in [0.05, 0.1) is 34.6 Å². The summed E-state index contributed by atoms with van der Waals surface area (Å²) in [5.74, 6) is -0.330. The average molecular weight is 563 g/mol. The zero-order valence-corrected chi connectivity index (χ0v) is 23.7. The van der Waals surface area contributed by atoms with Crippen LogP contribution in [0.4, 0.5) is 28.4 Å². The SMILES string of the molecule is CN1CCN(CCC(=O)Nc2ccc3c(c2)Nc2cc(-c4ccccc4N(C)S(C)(=O)=O)ccc2C(=O)N3)CC1. The molecule has 2 aliphatic rings. The quantitative estimate of drug-likeness (QED) is 0.403. The maximum atomic E-state index is 13.0. The van der Waals surface area contributed by atoms with Crippen molar-refractivity contribution in [2.45, 2.75) is 6.42 Å². The number of hydrogen-bond acceptors (Lipinski definition) is 7. The Morgan fingerprint density at radius 2 is 1.68 bits per heavy atom. The van der Waals surface area contributed by atoms with Crippen LogP contribution in [0.3, 0.4) is 0 Å². The molecule has 11 heteroatoms. The van der Waals surface area contributed by atoms with Gasteiger partial charge in [0.25, 0.3) is 5.91 Å². The molecular weight excluding hydrogens is 528 g/mol. The molecule has 40 heavy (non-hydrogen) atoms. The number of benzene rings is 3. The molecule has 0 atom stereocenters. The number of sulfonamides is 1. The van der Waals surface area contributed by atoms with E-state index < -0.39 is 10.0 Å². The minimum Gasteiger partial charge on any atom is -0.353 e. The molecule has 5 rings (SSSR count). The average Bonchev–Trinajstić information content (AvgIpc) is 3.06. The fraction of sp³-hybridized carbons (Fsp3) is 0.310. The molecule has 0 radical (unpaired) electrons. The van der Waals surface area contributed by atoms with Crippen molar-refractivity contribution in [1.82, 2.24) is 9.80 Å². The van der Waals surface area contributed by atoms with E-state index in [0.717, 1.165) is 38.0 Å². The maximum absolute atomic E-state index is 13.0. The summed E-state index contributed by atoms with van der Waals surface area (Å²) in [6.07, 6.45) is 1.56. The van der Waals surface area contributed by atoms with Crippen LogP contribution in [-0.4, -0.2) is 83.1 Å². The number of rotatable bonds is 7. The van der Waals surface area contributed by atoms with Crippen molar-refractivity contribution >= 4 is 50.3 Å². The molecule has 0 bridgehead atoms. The monoisotopic (exact) mass is 562 g/mol. The molecule has 3 N–H and O–H groups in total. The van der Waals surface area contributed by atoms with Crippen LogP contribution in [0.5, 0.6) is 0 Å². The minimum atomic E-state index is -3.47. The van der Waals surface area contributed by atoms with E-state index in [9.17, 15) is 18.0 Å². The van der Waals surface area contributed by atoms with Gasteiger partial charge in [0, 0.05) is 57.4 Å². The molecular formula is C29H34N6O4S. The Hall–Kier alpha value is -3.93. The van der Waals surface area contributed by atoms with Gasteiger partial charge in [-0.2, -0.15) is 0 Å². The molecule has 0 unspecified atom stereocenters. The number of carbonyl (C=O) groups excluding carboxylic acids is 2. The lowest BCUT2D eigenvalue weighted by Crippen LogP contribution is -2.45. The first-order valence-electron chi connectivity index (χ1n) is 13.2. The summed E-state index contributed by atoms with van der Waals surface area (Å²) in [6.45, 7) is 4.65. The van der Waals surface area contributed by atoms with Gasteiger partial charge in [-0.05, 0) is 49.0 Å². The molecule has 0 saturated carbocycles. The molecule has 2 amide bonds. The first-order chi connectivity index (χ1) is 19.1. The predicted octanol–water partition coefficient (Wildman–Crippen LogP) is 3.63. The third kappa shape index (κ3) is 6.11. The summed E-state index contributed by atoms with van der Waals surface area (Å²) < 4.78 is 25.7. The van der Waals surface area contributed by atoms with Crippen LogP contribution < -0.4 is 20.3 Å². The van der Waals surface area contributed by atoms with Crippen LogP contribution in [0.2, 0.25) is 0 Å². The van der Waals surface area contributed by atoms with Gasteiger partial charge in [0.1, 0.15) is 0 Å². The van der Waals surface area contributed by atoms with Gasteiger partial charge in [0.2, 0.25) is 15.9 Å². The zero-order valence-electron chi connectivity index (χ0n) is 22.9. The maximum Gasteiger partial charge on any atom is 0.257 e. The Kier molecular flexibility index (Phi) is 7.79. The summed E-state index contributed by atoms with van der Waals surface area (Å²) in [6, 6.07) is 17.9. The number of nitrogens with zero attached hydrogens (tertiary/aromatic N) is 3. The second kappa shape index (κ2) is 11.3. The van der Waals surface area contributed by atoms with Gasteiger partial charge >= 0.3 is 0 Å². The molecule has 1 fully saturated rings. The minimum absolute atomic E-state index is 0.0641. The highest BCUT2D eigenvalue weighted by Gasteiger charge is 2.22. The lowest BCUT2D eigenvalue weighted by molar-refractivity contribution is -0.116. The first-order valence-corrected chi connectivity index (χ1v) is 15.0. The Morgan fingerprint density at radius 3 is 2.42 bits per heavy atom. The van der Waals surface area contributed by atoms with Crippen LogP contribution in [0, 0.1) is 0 Å². The summed E-state index contributed by atoms with van der Waals surface area (Å²) in [4.78, 5) is 30.3. The number of likely N-dealkylation sites (N-methyl/N-ethyl adjacent to an activating group) is 1. The summed E-state index contributed by atoms with van der Waals surface area (Å²) >= 11 is 0. The fourth-order valence-electron chi connectivity index (χ4n) is 4.91. The number of anilines is 5.